The summed E-state index contributed by atoms with van der Waals surface area (Å²) in [5.74, 6) is 0.287. The second-order valence-corrected chi connectivity index (χ2v) is 9.98. The molecule has 1 atom stereocenters. The first-order valence-corrected chi connectivity index (χ1v) is 11.1. The molecule has 1 saturated heterocycles. The largest absolute Gasteiger partial charge is 0.364 e. The summed E-state index contributed by atoms with van der Waals surface area (Å²) < 4.78 is 0. The molecular formula is C23H32N2O2S. The summed E-state index contributed by atoms with van der Waals surface area (Å²) in [6.45, 7) is 16.0. The van der Waals surface area contributed by atoms with Gasteiger partial charge in [-0.2, -0.15) is 0 Å². The third kappa shape index (κ3) is 3.61. The molecule has 0 saturated carbocycles. The van der Waals surface area contributed by atoms with Gasteiger partial charge in [0, 0.05) is 23.8 Å². The molecule has 0 radical (unpaired) electrons. The van der Waals surface area contributed by atoms with E-state index in [2.05, 4.69) is 58.6 Å². The van der Waals surface area contributed by atoms with Crippen molar-refractivity contribution in [2.24, 2.45) is 0 Å². The number of benzene rings is 1. The second-order valence-electron chi connectivity index (χ2n) is 8.98. The Morgan fingerprint density at radius 1 is 1.29 bits per heavy atom. The van der Waals surface area contributed by atoms with E-state index in [0.29, 0.717) is 23.4 Å². The predicted molar refractivity (Wildman–Crippen MR) is 119 cm³/mol. The first kappa shape index (κ1) is 21.0. The smallest absolute Gasteiger partial charge is 0.293 e. The fraction of sp³-hybridized carbons (Fsp3) is 0.565. The number of thioether (sulfide) groups is 1. The number of anilines is 1. The van der Waals surface area contributed by atoms with Gasteiger partial charge in [-0.05, 0) is 100 Å². The van der Waals surface area contributed by atoms with Crippen molar-refractivity contribution in [3.05, 3.63) is 33.7 Å². The molecule has 1 fully saturated rings. The molecule has 1 aromatic rings. The van der Waals surface area contributed by atoms with Crippen molar-refractivity contribution in [2.45, 2.75) is 78.8 Å². The van der Waals surface area contributed by atoms with Crippen molar-refractivity contribution in [3.63, 3.8) is 0 Å². The molecule has 2 aliphatic heterocycles. The number of fused-ring (bicyclic) bond motifs is 1. The number of carbonyl (C=O) groups excluding carboxylic acids is 2. The van der Waals surface area contributed by atoms with Gasteiger partial charge in [0.25, 0.3) is 11.1 Å². The highest BCUT2D eigenvalue weighted by molar-refractivity contribution is 8.18. The van der Waals surface area contributed by atoms with E-state index in [1.54, 1.807) is 0 Å². The fourth-order valence-electron chi connectivity index (χ4n) is 4.80. The van der Waals surface area contributed by atoms with Gasteiger partial charge in [-0.3, -0.25) is 14.5 Å². The quantitative estimate of drug-likeness (QED) is 0.586. The number of nitrogens with zero attached hydrogens (tertiary/aromatic N) is 2. The van der Waals surface area contributed by atoms with Crippen molar-refractivity contribution >= 4 is 34.7 Å². The van der Waals surface area contributed by atoms with E-state index >= 15 is 0 Å². The van der Waals surface area contributed by atoms with Crippen LogP contribution in [0.15, 0.2) is 17.0 Å². The predicted octanol–water partition coefficient (Wildman–Crippen LogP) is 5.94. The van der Waals surface area contributed by atoms with Gasteiger partial charge >= 0.3 is 0 Å². The Morgan fingerprint density at radius 3 is 2.57 bits per heavy atom. The monoisotopic (exact) mass is 400 g/mol. The van der Waals surface area contributed by atoms with E-state index in [4.69, 9.17) is 0 Å². The van der Waals surface area contributed by atoms with E-state index in [0.717, 1.165) is 35.7 Å². The van der Waals surface area contributed by atoms with Crippen LogP contribution in [0.2, 0.25) is 0 Å². The summed E-state index contributed by atoms with van der Waals surface area (Å²) in [5, 5.41) is -0.158. The highest BCUT2D eigenvalue weighted by Gasteiger charge is 2.38. The van der Waals surface area contributed by atoms with Crippen LogP contribution in [0, 0.1) is 6.92 Å². The van der Waals surface area contributed by atoms with Crippen LogP contribution in [-0.4, -0.2) is 34.2 Å². The maximum Gasteiger partial charge on any atom is 0.293 e. The summed E-state index contributed by atoms with van der Waals surface area (Å²) in [5.41, 5.74) is 4.91. The fourth-order valence-corrected chi connectivity index (χ4v) is 5.66. The second kappa shape index (κ2) is 7.58. The van der Waals surface area contributed by atoms with E-state index in [1.807, 2.05) is 13.0 Å². The van der Waals surface area contributed by atoms with Gasteiger partial charge in [-0.1, -0.05) is 13.8 Å². The number of hydrogen-bond donors (Lipinski definition) is 0. The maximum absolute atomic E-state index is 12.6. The molecule has 3 rings (SSSR count). The Labute approximate surface area is 173 Å². The minimum absolute atomic E-state index is 0.108. The van der Waals surface area contributed by atoms with Crippen molar-refractivity contribution in [1.29, 1.82) is 0 Å². The van der Waals surface area contributed by atoms with E-state index < -0.39 is 0 Å². The van der Waals surface area contributed by atoms with Crippen LogP contribution in [0.5, 0.6) is 0 Å². The average Bonchev–Trinajstić information content (AvgIpc) is 2.83. The van der Waals surface area contributed by atoms with Crippen LogP contribution < -0.4 is 4.90 Å². The number of amides is 2. The lowest BCUT2D eigenvalue weighted by atomic mass is 9.78. The lowest BCUT2D eigenvalue weighted by Gasteiger charge is -2.50. The van der Waals surface area contributed by atoms with Crippen molar-refractivity contribution in [1.82, 2.24) is 4.90 Å². The number of carbonyl (C=O) groups is 2. The van der Waals surface area contributed by atoms with Crippen LogP contribution >= 0.6 is 11.8 Å². The van der Waals surface area contributed by atoms with E-state index in [9.17, 15) is 9.59 Å². The molecule has 0 aliphatic carbocycles. The summed E-state index contributed by atoms with van der Waals surface area (Å²) in [7, 11) is 0. The first-order chi connectivity index (χ1) is 13.1. The molecule has 2 heterocycles. The van der Waals surface area contributed by atoms with Crippen molar-refractivity contribution in [3.8, 4) is 0 Å². The first-order valence-electron chi connectivity index (χ1n) is 10.3. The standard InChI is InChI=1S/C23H32N2O2S/c1-8-9-24-21(26)20(28-22(24)27)12-17-11-18-16(5)13-23(6,7)25(14(2)3)19(18)10-15(17)4/h10-12,14,16H,8-9,13H2,1-7H3/b20-12-. The minimum Gasteiger partial charge on any atom is -0.364 e. The molecular weight excluding hydrogens is 368 g/mol. The number of hydrogen-bond acceptors (Lipinski definition) is 4. The minimum atomic E-state index is -0.160. The zero-order valence-electron chi connectivity index (χ0n) is 18.1. The van der Waals surface area contributed by atoms with Gasteiger partial charge < -0.3 is 4.90 Å². The molecule has 1 unspecified atom stereocenters. The SMILES string of the molecule is CCCN1C(=O)S/C(=C\c2cc3c(cc2C)N(C(C)C)C(C)(C)CC3C)C1=O. The lowest BCUT2D eigenvalue weighted by Crippen LogP contribution is -2.51. The molecule has 28 heavy (non-hydrogen) atoms. The lowest BCUT2D eigenvalue weighted by molar-refractivity contribution is -0.122. The average molecular weight is 401 g/mol. The molecule has 1 aromatic carbocycles. The van der Waals surface area contributed by atoms with Crippen LogP contribution in [0.3, 0.4) is 0 Å². The molecule has 0 N–H and O–H groups in total. The summed E-state index contributed by atoms with van der Waals surface area (Å²) in [6, 6.07) is 4.90. The number of rotatable bonds is 4. The van der Waals surface area contributed by atoms with Crippen LogP contribution in [0.1, 0.15) is 77.0 Å². The highest BCUT2D eigenvalue weighted by Crippen LogP contribution is 2.46. The van der Waals surface area contributed by atoms with Crippen molar-refractivity contribution < 1.29 is 9.59 Å². The molecule has 2 amide bonds. The Balaban J connectivity index is 2.04. The van der Waals surface area contributed by atoms with Crippen molar-refractivity contribution in [2.75, 3.05) is 11.4 Å². The Bertz CT molecular complexity index is 841. The summed E-state index contributed by atoms with van der Waals surface area (Å²) in [4.78, 5) is 29.2. The van der Waals surface area contributed by atoms with Gasteiger partial charge in [-0.15, -0.1) is 0 Å². The Morgan fingerprint density at radius 2 is 1.96 bits per heavy atom. The van der Waals surface area contributed by atoms with Crippen LogP contribution in [0.4, 0.5) is 10.5 Å². The number of imide groups is 1. The third-order valence-electron chi connectivity index (χ3n) is 5.79. The third-order valence-corrected chi connectivity index (χ3v) is 6.69. The highest BCUT2D eigenvalue weighted by atomic mass is 32.2. The van der Waals surface area contributed by atoms with Gasteiger partial charge in [0.05, 0.1) is 4.91 Å². The zero-order chi connectivity index (χ0) is 20.8. The van der Waals surface area contributed by atoms with Crippen LogP contribution in [-0.2, 0) is 4.79 Å². The molecule has 5 heteroatoms. The maximum atomic E-state index is 12.6. The summed E-state index contributed by atoms with van der Waals surface area (Å²) >= 11 is 1.06. The molecule has 0 aromatic heterocycles. The summed E-state index contributed by atoms with van der Waals surface area (Å²) in [6.07, 6.45) is 3.78. The van der Waals surface area contributed by atoms with Gasteiger partial charge in [0.15, 0.2) is 0 Å². The van der Waals surface area contributed by atoms with Crippen LogP contribution in [0.25, 0.3) is 6.08 Å². The van der Waals surface area contributed by atoms with E-state index in [1.165, 1.54) is 16.2 Å². The molecule has 0 bridgehead atoms. The Kier molecular flexibility index (Phi) is 5.68. The molecule has 0 spiro atoms. The van der Waals surface area contributed by atoms with Gasteiger partial charge in [0.2, 0.25) is 0 Å². The van der Waals surface area contributed by atoms with E-state index in [-0.39, 0.29) is 16.7 Å². The van der Waals surface area contributed by atoms with Gasteiger partial charge in [-0.25, -0.2) is 0 Å². The molecule has 4 nitrogen and oxygen atoms in total. The normalized spacial score (nSPS) is 23.1. The zero-order valence-corrected chi connectivity index (χ0v) is 18.9. The number of aryl methyl sites for hydroxylation is 1. The topological polar surface area (TPSA) is 40.6 Å². The van der Waals surface area contributed by atoms with Gasteiger partial charge in [0.1, 0.15) is 0 Å². The molecule has 2 aliphatic rings. The molecule has 152 valence electrons. The Hall–Kier alpha value is -1.75.